The predicted molar refractivity (Wildman–Crippen MR) is 95.0 cm³/mol. The number of benzene rings is 1. The molecule has 0 saturated heterocycles. The minimum Gasteiger partial charge on any atom is -0.462 e. The van der Waals surface area contributed by atoms with Gasteiger partial charge in [-0.25, -0.2) is 4.79 Å². The Labute approximate surface area is 149 Å². The van der Waals surface area contributed by atoms with Crippen LogP contribution < -0.4 is 11.1 Å². The van der Waals surface area contributed by atoms with Crippen LogP contribution in [0.25, 0.3) is 0 Å². The Balaban J connectivity index is 1.93. The van der Waals surface area contributed by atoms with Gasteiger partial charge in [-0.2, -0.15) is 0 Å². The molecule has 138 valence electrons. The maximum atomic E-state index is 12.6. The summed E-state index contributed by atoms with van der Waals surface area (Å²) in [5.74, 6) is -0.528. The second-order valence-electron chi connectivity index (χ2n) is 6.94. The van der Waals surface area contributed by atoms with E-state index in [0.29, 0.717) is 31.7 Å². The number of amides is 1. The summed E-state index contributed by atoms with van der Waals surface area (Å²) in [5.41, 5.74) is 6.39. The number of hydrogen-bond donors (Lipinski definition) is 2. The van der Waals surface area contributed by atoms with E-state index in [4.69, 9.17) is 15.2 Å². The number of carbonyl (C=O) groups is 2. The number of rotatable bonds is 7. The van der Waals surface area contributed by atoms with Crippen LogP contribution in [0.2, 0.25) is 0 Å². The number of hydrogen-bond acceptors (Lipinski definition) is 5. The number of ether oxygens (including phenoxy) is 2. The summed E-state index contributed by atoms with van der Waals surface area (Å²) < 4.78 is 10.6. The molecule has 2 atom stereocenters. The first kappa shape index (κ1) is 19.4. The lowest BCUT2D eigenvalue weighted by Crippen LogP contribution is -2.75. The summed E-state index contributed by atoms with van der Waals surface area (Å²) in [7, 11) is 0. The standard InChI is InChI=1S/C19H28N2O4/c1-5-24-15-11-19(20,18(15,3)4)17(23)21-12-13-7-9-14(10-8-13)16(22)25-6-2/h7-10,15H,5-6,11-12,20H2,1-4H3,(H,21,23). The van der Waals surface area contributed by atoms with Crippen molar-refractivity contribution < 1.29 is 19.1 Å². The van der Waals surface area contributed by atoms with E-state index in [0.717, 1.165) is 5.56 Å². The Morgan fingerprint density at radius 1 is 1.20 bits per heavy atom. The van der Waals surface area contributed by atoms with Crippen molar-refractivity contribution in [2.75, 3.05) is 13.2 Å². The summed E-state index contributed by atoms with van der Waals surface area (Å²) in [5, 5.41) is 2.90. The van der Waals surface area contributed by atoms with Gasteiger partial charge in [0.1, 0.15) is 5.54 Å². The van der Waals surface area contributed by atoms with Gasteiger partial charge in [0.05, 0.1) is 18.3 Å². The topological polar surface area (TPSA) is 90.7 Å². The van der Waals surface area contributed by atoms with E-state index in [2.05, 4.69) is 5.32 Å². The van der Waals surface area contributed by atoms with Gasteiger partial charge in [-0.1, -0.05) is 26.0 Å². The number of esters is 1. The molecular formula is C19H28N2O4. The lowest BCUT2D eigenvalue weighted by atomic mass is 9.54. The van der Waals surface area contributed by atoms with Gasteiger partial charge in [-0.15, -0.1) is 0 Å². The van der Waals surface area contributed by atoms with E-state index >= 15 is 0 Å². The van der Waals surface area contributed by atoms with E-state index in [9.17, 15) is 9.59 Å². The van der Waals surface area contributed by atoms with E-state index in [1.807, 2.05) is 20.8 Å². The van der Waals surface area contributed by atoms with Crippen LogP contribution in [0.4, 0.5) is 0 Å². The fraction of sp³-hybridized carbons (Fsp3) is 0.579. The third kappa shape index (κ3) is 3.70. The maximum Gasteiger partial charge on any atom is 0.338 e. The van der Waals surface area contributed by atoms with Gasteiger partial charge in [-0.05, 0) is 31.5 Å². The normalized spacial score (nSPS) is 24.3. The molecule has 0 spiro atoms. The molecule has 6 heteroatoms. The minimum absolute atomic E-state index is 0.00267. The molecule has 1 aromatic carbocycles. The molecule has 0 heterocycles. The van der Waals surface area contributed by atoms with E-state index < -0.39 is 11.0 Å². The molecule has 2 unspecified atom stereocenters. The highest BCUT2D eigenvalue weighted by Crippen LogP contribution is 2.49. The quantitative estimate of drug-likeness (QED) is 0.736. The molecule has 3 N–H and O–H groups in total. The van der Waals surface area contributed by atoms with E-state index in [1.165, 1.54) is 0 Å². The number of nitrogens with one attached hydrogen (secondary N) is 1. The lowest BCUT2D eigenvalue weighted by Gasteiger charge is -2.57. The van der Waals surface area contributed by atoms with Gasteiger partial charge >= 0.3 is 5.97 Å². The smallest absolute Gasteiger partial charge is 0.338 e. The second-order valence-corrected chi connectivity index (χ2v) is 6.94. The van der Waals surface area contributed by atoms with Crippen molar-refractivity contribution in [3.63, 3.8) is 0 Å². The number of nitrogens with two attached hydrogens (primary N) is 1. The fourth-order valence-electron chi connectivity index (χ4n) is 3.13. The van der Waals surface area contributed by atoms with Crippen molar-refractivity contribution in [3.8, 4) is 0 Å². The Morgan fingerprint density at radius 2 is 1.84 bits per heavy atom. The summed E-state index contributed by atoms with van der Waals surface area (Å²) in [6.45, 7) is 8.94. The number of carbonyl (C=O) groups excluding carboxylic acids is 2. The minimum atomic E-state index is -0.933. The van der Waals surface area contributed by atoms with Crippen molar-refractivity contribution in [2.45, 2.75) is 52.3 Å². The molecule has 1 fully saturated rings. The first-order chi connectivity index (χ1) is 11.8. The summed E-state index contributed by atoms with van der Waals surface area (Å²) in [6.07, 6.45) is 0.513. The molecule has 0 aromatic heterocycles. The fourth-order valence-corrected chi connectivity index (χ4v) is 3.13. The van der Waals surface area contributed by atoms with Crippen LogP contribution in [0.15, 0.2) is 24.3 Å². The Hall–Kier alpha value is -1.92. The average Bonchev–Trinajstić information content (AvgIpc) is 2.59. The van der Waals surface area contributed by atoms with Crippen LogP contribution in [-0.2, 0) is 20.8 Å². The van der Waals surface area contributed by atoms with Crippen molar-refractivity contribution >= 4 is 11.9 Å². The highest BCUT2D eigenvalue weighted by Gasteiger charge is 2.62. The van der Waals surface area contributed by atoms with Gasteiger partial charge in [0, 0.05) is 25.0 Å². The van der Waals surface area contributed by atoms with Gasteiger partial charge in [0.25, 0.3) is 0 Å². The Bertz CT molecular complexity index is 627. The van der Waals surface area contributed by atoms with Gasteiger partial charge in [0.15, 0.2) is 0 Å². The molecule has 1 aromatic rings. The predicted octanol–water partition coefficient (Wildman–Crippen LogP) is 2.01. The zero-order chi connectivity index (χ0) is 18.7. The van der Waals surface area contributed by atoms with Crippen molar-refractivity contribution in [1.82, 2.24) is 5.32 Å². The second kappa shape index (κ2) is 7.54. The lowest BCUT2D eigenvalue weighted by molar-refractivity contribution is -0.170. The van der Waals surface area contributed by atoms with Gasteiger partial charge in [0.2, 0.25) is 5.91 Å². The van der Waals surface area contributed by atoms with Crippen molar-refractivity contribution in [2.24, 2.45) is 11.1 Å². The van der Waals surface area contributed by atoms with Crippen LogP contribution >= 0.6 is 0 Å². The van der Waals surface area contributed by atoms with Crippen LogP contribution in [-0.4, -0.2) is 36.7 Å². The van der Waals surface area contributed by atoms with Crippen LogP contribution in [0.1, 0.15) is 50.0 Å². The average molecular weight is 348 g/mol. The van der Waals surface area contributed by atoms with Gasteiger partial charge < -0.3 is 20.5 Å². The monoisotopic (exact) mass is 348 g/mol. The molecule has 25 heavy (non-hydrogen) atoms. The first-order valence-electron chi connectivity index (χ1n) is 8.71. The highest BCUT2D eigenvalue weighted by molar-refractivity contribution is 5.90. The molecule has 1 saturated carbocycles. The van der Waals surface area contributed by atoms with Crippen molar-refractivity contribution in [3.05, 3.63) is 35.4 Å². The van der Waals surface area contributed by atoms with E-state index in [1.54, 1.807) is 31.2 Å². The molecule has 1 amide bonds. The molecule has 6 nitrogen and oxygen atoms in total. The largest absolute Gasteiger partial charge is 0.462 e. The molecule has 1 aliphatic carbocycles. The van der Waals surface area contributed by atoms with Crippen LogP contribution in [0.5, 0.6) is 0 Å². The summed E-state index contributed by atoms with van der Waals surface area (Å²) >= 11 is 0. The molecule has 0 bridgehead atoms. The SMILES string of the molecule is CCOC(=O)c1ccc(CNC(=O)C2(N)CC(OCC)C2(C)C)cc1. The summed E-state index contributed by atoms with van der Waals surface area (Å²) in [4.78, 5) is 24.2. The maximum absolute atomic E-state index is 12.6. The Morgan fingerprint density at radius 3 is 2.36 bits per heavy atom. The zero-order valence-corrected chi connectivity index (χ0v) is 15.4. The van der Waals surface area contributed by atoms with Crippen molar-refractivity contribution in [1.29, 1.82) is 0 Å². The molecule has 0 aliphatic heterocycles. The van der Waals surface area contributed by atoms with Crippen LogP contribution in [0, 0.1) is 5.41 Å². The molecular weight excluding hydrogens is 320 g/mol. The Kier molecular flexibility index (Phi) is 5.85. The zero-order valence-electron chi connectivity index (χ0n) is 15.4. The third-order valence-corrected chi connectivity index (χ3v) is 5.15. The molecule has 2 rings (SSSR count). The molecule has 1 aliphatic rings. The summed E-state index contributed by atoms with van der Waals surface area (Å²) in [6, 6.07) is 6.97. The van der Waals surface area contributed by atoms with Crippen LogP contribution in [0.3, 0.4) is 0 Å². The third-order valence-electron chi connectivity index (χ3n) is 5.15. The first-order valence-corrected chi connectivity index (χ1v) is 8.71. The van der Waals surface area contributed by atoms with Gasteiger partial charge in [-0.3, -0.25) is 4.79 Å². The highest BCUT2D eigenvalue weighted by atomic mass is 16.5. The van der Waals surface area contributed by atoms with E-state index in [-0.39, 0.29) is 18.0 Å². The molecule has 0 radical (unpaired) electrons.